The van der Waals surface area contributed by atoms with Gasteiger partial charge in [-0.3, -0.25) is 0 Å². The molecule has 0 aliphatic carbocycles. The summed E-state index contributed by atoms with van der Waals surface area (Å²) in [7, 11) is 1.71. The molecule has 0 fully saturated rings. The molecule has 0 radical (unpaired) electrons. The Kier molecular flexibility index (Phi) is 3.67. The molecule has 1 N–H and O–H groups in total. The van der Waals surface area contributed by atoms with Gasteiger partial charge >= 0.3 is 0 Å². The van der Waals surface area contributed by atoms with E-state index in [1.54, 1.807) is 7.11 Å². The molecule has 0 amide bonds. The van der Waals surface area contributed by atoms with Gasteiger partial charge in [-0.25, -0.2) is 0 Å². The number of hydrogen-bond donors (Lipinski definition) is 1. The molecule has 2 rings (SSSR count). The predicted octanol–water partition coefficient (Wildman–Crippen LogP) is 2.00. The third-order valence-corrected chi connectivity index (χ3v) is 2.88. The zero-order valence-corrected chi connectivity index (χ0v) is 9.95. The molecule has 0 saturated carbocycles. The SMILES string of the molecule is CCCN[C@@H]1COc2cccc(OC)c2C1. The maximum Gasteiger partial charge on any atom is 0.126 e. The van der Waals surface area contributed by atoms with Crippen LogP contribution in [0.5, 0.6) is 11.5 Å². The summed E-state index contributed by atoms with van der Waals surface area (Å²) in [6, 6.07) is 6.37. The van der Waals surface area contributed by atoms with Crippen LogP contribution in [0, 0.1) is 0 Å². The van der Waals surface area contributed by atoms with E-state index in [4.69, 9.17) is 9.47 Å². The number of fused-ring (bicyclic) bond motifs is 1. The molecule has 0 unspecified atom stereocenters. The highest BCUT2D eigenvalue weighted by molar-refractivity contribution is 5.46. The van der Waals surface area contributed by atoms with Crippen molar-refractivity contribution in [3.05, 3.63) is 23.8 Å². The van der Waals surface area contributed by atoms with Crippen molar-refractivity contribution < 1.29 is 9.47 Å². The Morgan fingerprint density at radius 2 is 2.38 bits per heavy atom. The van der Waals surface area contributed by atoms with Crippen LogP contribution in [-0.4, -0.2) is 26.3 Å². The zero-order chi connectivity index (χ0) is 11.4. The summed E-state index contributed by atoms with van der Waals surface area (Å²) in [5, 5.41) is 3.48. The van der Waals surface area contributed by atoms with Gasteiger partial charge < -0.3 is 14.8 Å². The van der Waals surface area contributed by atoms with Gasteiger partial charge in [-0.2, -0.15) is 0 Å². The van der Waals surface area contributed by atoms with E-state index in [0.29, 0.717) is 6.04 Å². The highest BCUT2D eigenvalue weighted by Gasteiger charge is 2.21. The van der Waals surface area contributed by atoms with E-state index in [1.165, 1.54) is 5.56 Å². The molecule has 0 aromatic heterocycles. The quantitative estimate of drug-likeness (QED) is 0.843. The summed E-state index contributed by atoms with van der Waals surface area (Å²) in [6.07, 6.45) is 2.13. The zero-order valence-electron chi connectivity index (χ0n) is 9.95. The average molecular weight is 221 g/mol. The van der Waals surface area contributed by atoms with E-state index in [9.17, 15) is 0 Å². The van der Waals surface area contributed by atoms with E-state index in [1.807, 2.05) is 18.2 Å². The van der Waals surface area contributed by atoms with Crippen molar-refractivity contribution in [3.63, 3.8) is 0 Å². The molecule has 3 nitrogen and oxygen atoms in total. The summed E-state index contributed by atoms with van der Waals surface area (Å²) in [6.45, 7) is 3.96. The summed E-state index contributed by atoms with van der Waals surface area (Å²) in [5.41, 5.74) is 1.19. The Labute approximate surface area is 96.8 Å². The molecule has 3 heteroatoms. The van der Waals surface area contributed by atoms with Gasteiger partial charge in [-0.1, -0.05) is 13.0 Å². The molecule has 1 aromatic rings. The minimum Gasteiger partial charge on any atom is -0.496 e. The van der Waals surface area contributed by atoms with Gasteiger partial charge in [-0.15, -0.1) is 0 Å². The van der Waals surface area contributed by atoms with Gasteiger partial charge in [0.2, 0.25) is 0 Å². The van der Waals surface area contributed by atoms with Crippen LogP contribution < -0.4 is 14.8 Å². The topological polar surface area (TPSA) is 30.5 Å². The largest absolute Gasteiger partial charge is 0.496 e. The molecule has 1 atom stereocenters. The van der Waals surface area contributed by atoms with Crippen molar-refractivity contribution >= 4 is 0 Å². The molecule has 0 saturated heterocycles. The van der Waals surface area contributed by atoms with Crippen LogP contribution in [0.3, 0.4) is 0 Å². The van der Waals surface area contributed by atoms with Crippen molar-refractivity contribution in [2.24, 2.45) is 0 Å². The van der Waals surface area contributed by atoms with E-state index < -0.39 is 0 Å². The highest BCUT2D eigenvalue weighted by atomic mass is 16.5. The number of ether oxygens (including phenoxy) is 2. The number of methoxy groups -OCH3 is 1. The fourth-order valence-corrected chi connectivity index (χ4v) is 2.05. The molecule has 88 valence electrons. The van der Waals surface area contributed by atoms with Gasteiger partial charge in [0.05, 0.1) is 7.11 Å². The molecule has 1 aromatic carbocycles. The van der Waals surface area contributed by atoms with Crippen molar-refractivity contribution in [1.29, 1.82) is 0 Å². The monoisotopic (exact) mass is 221 g/mol. The highest BCUT2D eigenvalue weighted by Crippen LogP contribution is 2.32. The Hall–Kier alpha value is -1.22. The van der Waals surface area contributed by atoms with Crippen LogP contribution in [0.1, 0.15) is 18.9 Å². The lowest BCUT2D eigenvalue weighted by atomic mass is 10.0. The first-order chi connectivity index (χ1) is 7.85. The second kappa shape index (κ2) is 5.21. The minimum absolute atomic E-state index is 0.406. The van der Waals surface area contributed by atoms with E-state index in [-0.39, 0.29) is 0 Å². The van der Waals surface area contributed by atoms with Gasteiger partial charge in [-0.05, 0) is 31.5 Å². The lowest BCUT2D eigenvalue weighted by Crippen LogP contribution is -2.39. The fourth-order valence-electron chi connectivity index (χ4n) is 2.05. The van der Waals surface area contributed by atoms with Gasteiger partial charge in [0, 0.05) is 11.6 Å². The normalized spacial score (nSPS) is 18.8. The van der Waals surface area contributed by atoms with Gasteiger partial charge in [0.1, 0.15) is 18.1 Å². The Morgan fingerprint density at radius 1 is 1.50 bits per heavy atom. The van der Waals surface area contributed by atoms with Gasteiger partial charge in [0.15, 0.2) is 0 Å². The van der Waals surface area contributed by atoms with Crippen LogP contribution in [0.15, 0.2) is 18.2 Å². The number of nitrogens with one attached hydrogen (secondary N) is 1. The van der Waals surface area contributed by atoms with Crippen molar-refractivity contribution in [1.82, 2.24) is 5.32 Å². The second-order valence-corrected chi connectivity index (χ2v) is 4.10. The third kappa shape index (κ3) is 2.30. The fraction of sp³-hybridized carbons (Fsp3) is 0.538. The number of rotatable bonds is 4. The van der Waals surface area contributed by atoms with Crippen LogP contribution in [0.4, 0.5) is 0 Å². The minimum atomic E-state index is 0.406. The van der Waals surface area contributed by atoms with Gasteiger partial charge in [0.25, 0.3) is 0 Å². The summed E-state index contributed by atoms with van der Waals surface area (Å²) in [5.74, 6) is 1.90. The Morgan fingerprint density at radius 3 is 3.12 bits per heavy atom. The van der Waals surface area contributed by atoms with Crippen LogP contribution >= 0.6 is 0 Å². The number of benzene rings is 1. The Balaban J connectivity index is 2.11. The first kappa shape index (κ1) is 11.3. The first-order valence-corrected chi connectivity index (χ1v) is 5.87. The Bertz CT molecular complexity index is 338. The molecule has 0 bridgehead atoms. The molecule has 1 aliphatic rings. The third-order valence-electron chi connectivity index (χ3n) is 2.88. The smallest absolute Gasteiger partial charge is 0.126 e. The lowest BCUT2D eigenvalue weighted by Gasteiger charge is -2.27. The lowest BCUT2D eigenvalue weighted by molar-refractivity contribution is 0.235. The van der Waals surface area contributed by atoms with E-state index in [0.717, 1.165) is 37.5 Å². The van der Waals surface area contributed by atoms with E-state index in [2.05, 4.69) is 12.2 Å². The molecule has 1 aliphatic heterocycles. The van der Waals surface area contributed by atoms with Crippen molar-refractivity contribution in [2.75, 3.05) is 20.3 Å². The maximum absolute atomic E-state index is 5.73. The molecule has 16 heavy (non-hydrogen) atoms. The second-order valence-electron chi connectivity index (χ2n) is 4.10. The first-order valence-electron chi connectivity index (χ1n) is 5.87. The standard InChI is InChI=1S/C13H19NO2/c1-3-7-14-10-8-11-12(15-2)5-4-6-13(11)16-9-10/h4-6,10,14H,3,7-9H2,1-2H3/t10-/m0/s1. The summed E-state index contributed by atoms with van der Waals surface area (Å²) in [4.78, 5) is 0. The summed E-state index contributed by atoms with van der Waals surface area (Å²) < 4.78 is 11.1. The average Bonchev–Trinajstić information content (AvgIpc) is 2.35. The van der Waals surface area contributed by atoms with Crippen molar-refractivity contribution in [3.8, 4) is 11.5 Å². The maximum atomic E-state index is 5.73. The number of hydrogen-bond acceptors (Lipinski definition) is 3. The van der Waals surface area contributed by atoms with Crippen LogP contribution in [0.2, 0.25) is 0 Å². The molecular formula is C13H19NO2. The van der Waals surface area contributed by atoms with Crippen molar-refractivity contribution in [2.45, 2.75) is 25.8 Å². The van der Waals surface area contributed by atoms with E-state index >= 15 is 0 Å². The summed E-state index contributed by atoms with van der Waals surface area (Å²) >= 11 is 0. The van der Waals surface area contributed by atoms with Crippen LogP contribution in [0.25, 0.3) is 0 Å². The predicted molar refractivity (Wildman–Crippen MR) is 64.3 cm³/mol. The molecular weight excluding hydrogens is 202 g/mol. The molecule has 1 heterocycles. The van der Waals surface area contributed by atoms with Crippen LogP contribution in [-0.2, 0) is 6.42 Å². The molecule has 0 spiro atoms.